The third-order valence-corrected chi connectivity index (χ3v) is 6.56. The van der Waals surface area contributed by atoms with Gasteiger partial charge >= 0.3 is 0 Å². The second kappa shape index (κ2) is 15.9. The normalized spacial score (nSPS) is 11.4. The molecule has 0 aliphatic heterocycles. The Labute approximate surface area is 250 Å². The molecule has 9 heteroatoms. The molecule has 0 atom stereocenters. The van der Waals surface area contributed by atoms with Gasteiger partial charge in [0, 0.05) is 0 Å². The number of methoxy groups -OCH3 is 4. The zero-order chi connectivity index (χ0) is 31.4. The van der Waals surface area contributed by atoms with Crippen molar-refractivity contribution in [3.05, 3.63) is 101 Å². The van der Waals surface area contributed by atoms with E-state index in [1.807, 2.05) is 0 Å². The third kappa shape index (κ3) is 8.51. The first-order valence-electron chi connectivity index (χ1n) is 13.2. The van der Waals surface area contributed by atoms with Crippen molar-refractivity contribution in [2.75, 3.05) is 28.4 Å². The Kier molecular flexibility index (Phi) is 12.0. The molecule has 0 heterocycles. The fraction of sp³-hybridized carbons (Fsp3) is 0.206. The fourth-order valence-corrected chi connectivity index (χ4v) is 4.21. The van der Waals surface area contributed by atoms with Crippen molar-refractivity contribution in [1.29, 1.82) is 0 Å². The van der Waals surface area contributed by atoms with Crippen LogP contribution in [0.4, 0.5) is 0 Å². The van der Waals surface area contributed by atoms with Gasteiger partial charge < -0.3 is 29.2 Å². The molecule has 43 heavy (non-hydrogen) atoms. The van der Waals surface area contributed by atoms with Crippen LogP contribution in [0.25, 0.3) is 18.2 Å². The van der Waals surface area contributed by atoms with Crippen LogP contribution in [0.15, 0.2) is 72.8 Å². The Morgan fingerprint density at radius 2 is 0.930 bits per heavy atom. The summed E-state index contributed by atoms with van der Waals surface area (Å²) in [4.78, 5) is 39.9. The predicted molar refractivity (Wildman–Crippen MR) is 163 cm³/mol. The number of hydrogen-bond donors (Lipinski definition) is 2. The molecule has 0 saturated heterocycles. The number of ether oxygens (including phenoxy) is 4. The van der Waals surface area contributed by atoms with E-state index < -0.39 is 23.3 Å². The van der Waals surface area contributed by atoms with E-state index in [0.29, 0.717) is 50.8 Å². The lowest BCUT2D eigenvalue weighted by Gasteiger charge is -2.10. The predicted octanol–water partition coefficient (Wildman–Crippen LogP) is 4.47. The molecule has 0 radical (unpaired) electrons. The van der Waals surface area contributed by atoms with E-state index in [1.54, 1.807) is 54.6 Å². The number of hydrogen-bond acceptors (Lipinski definition) is 9. The summed E-state index contributed by atoms with van der Waals surface area (Å²) < 4.78 is 21.1. The first kappa shape index (κ1) is 32.5. The van der Waals surface area contributed by atoms with Gasteiger partial charge in [0.15, 0.2) is 40.3 Å². The lowest BCUT2D eigenvalue weighted by Crippen LogP contribution is -2.28. The number of aliphatic hydroxyl groups is 2. The Bertz CT molecular complexity index is 1370. The summed E-state index contributed by atoms with van der Waals surface area (Å²) in [5, 5.41) is 19.0. The summed E-state index contributed by atoms with van der Waals surface area (Å²) in [6.45, 7) is -0.546. The van der Waals surface area contributed by atoms with Crippen molar-refractivity contribution in [3.63, 3.8) is 0 Å². The van der Waals surface area contributed by atoms with E-state index in [9.17, 15) is 24.6 Å². The number of carbonyl (C=O) groups excluding carboxylic acids is 3. The highest BCUT2D eigenvalue weighted by atomic mass is 16.5. The lowest BCUT2D eigenvalue weighted by molar-refractivity contribution is -0.134. The maximum absolute atomic E-state index is 13.3. The second-order valence-electron chi connectivity index (χ2n) is 9.21. The standard InChI is InChI=1S/C34H34O9/c1-40-30-15-9-23(18-32(30)42-3)7-13-28(38)34(27(37)12-6-22-5-11-25(20-35)26(17-22)21-36)29(39)14-8-24-10-16-31(41-2)33(19-24)43-4/h5-19,34-36H,20-21H2,1-4H3/b12-6+,13-7+,14-8+. The Hall–Kier alpha value is -4.99. The smallest absolute Gasteiger partial charge is 0.174 e. The summed E-state index contributed by atoms with van der Waals surface area (Å²) in [5.41, 5.74) is 2.80. The average Bonchev–Trinajstić information content (AvgIpc) is 3.04. The molecule has 0 fully saturated rings. The zero-order valence-corrected chi connectivity index (χ0v) is 24.4. The lowest BCUT2D eigenvalue weighted by atomic mass is 9.91. The van der Waals surface area contributed by atoms with Crippen LogP contribution in [0.3, 0.4) is 0 Å². The molecule has 3 rings (SSSR count). The van der Waals surface area contributed by atoms with Gasteiger partial charge in [-0.05, 0) is 76.4 Å². The van der Waals surface area contributed by atoms with Crippen LogP contribution in [0.5, 0.6) is 23.0 Å². The average molecular weight is 587 g/mol. The first-order chi connectivity index (χ1) is 20.8. The van der Waals surface area contributed by atoms with E-state index >= 15 is 0 Å². The van der Waals surface area contributed by atoms with Crippen molar-refractivity contribution >= 4 is 35.6 Å². The Balaban J connectivity index is 1.93. The number of allylic oxidation sites excluding steroid dienone is 3. The third-order valence-electron chi connectivity index (χ3n) is 6.56. The summed E-state index contributed by atoms with van der Waals surface area (Å²) in [7, 11) is 5.99. The number of carbonyl (C=O) groups is 3. The molecule has 0 spiro atoms. The van der Waals surface area contributed by atoms with Crippen molar-refractivity contribution in [1.82, 2.24) is 0 Å². The molecule has 0 aliphatic carbocycles. The topological polar surface area (TPSA) is 129 Å². The van der Waals surface area contributed by atoms with Gasteiger partial charge in [-0.25, -0.2) is 0 Å². The number of rotatable bonds is 15. The van der Waals surface area contributed by atoms with Gasteiger partial charge in [-0.15, -0.1) is 0 Å². The zero-order valence-electron chi connectivity index (χ0n) is 24.4. The molecule has 3 aromatic carbocycles. The monoisotopic (exact) mass is 586 g/mol. The summed E-state index contributed by atoms with van der Waals surface area (Å²) in [6.07, 6.45) is 7.94. The maximum Gasteiger partial charge on any atom is 0.174 e. The van der Waals surface area contributed by atoms with Crippen LogP contribution in [-0.4, -0.2) is 56.0 Å². The van der Waals surface area contributed by atoms with Gasteiger partial charge in [-0.1, -0.05) is 42.5 Å². The van der Waals surface area contributed by atoms with Gasteiger partial charge in [0.2, 0.25) is 0 Å². The van der Waals surface area contributed by atoms with E-state index in [-0.39, 0.29) is 13.2 Å². The minimum atomic E-state index is -1.64. The summed E-state index contributed by atoms with van der Waals surface area (Å²) in [6, 6.07) is 15.0. The molecular weight excluding hydrogens is 552 g/mol. The molecule has 0 aliphatic rings. The van der Waals surface area contributed by atoms with E-state index in [2.05, 4.69) is 0 Å². The van der Waals surface area contributed by atoms with E-state index in [4.69, 9.17) is 18.9 Å². The minimum absolute atomic E-state index is 0.247. The molecule has 224 valence electrons. The van der Waals surface area contributed by atoms with E-state index in [1.165, 1.54) is 58.8 Å². The van der Waals surface area contributed by atoms with Crippen LogP contribution in [0.2, 0.25) is 0 Å². The van der Waals surface area contributed by atoms with Crippen LogP contribution >= 0.6 is 0 Å². The van der Waals surface area contributed by atoms with Crippen LogP contribution in [0.1, 0.15) is 27.8 Å². The highest BCUT2D eigenvalue weighted by Crippen LogP contribution is 2.29. The van der Waals surface area contributed by atoms with Gasteiger partial charge in [-0.3, -0.25) is 14.4 Å². The quantitative estimate of drug-likeness (QED) is 0.196. The molecule has 0 unspecified atom stereocenters. The second-order valence-corrected chi connectivity index (χ2v) is 9.21. The number of aliphatic hydroxyl groups excluding tert-OH is 2. The molecule has 0 amide bonds. The van der Waals surface area contributed by atoms with Crippen molar-refractivity contribution in [3.8, 4) is 23.0 Å². The van der Waals surface area contributed by atoms with Gasteiger partial charge in [0.05, 0.1) is 41.7 Å². The fourth-order valence-electron chi connectivity index (χ4n) is 4.21. The minimum Gasteiger partial charge on any atom is -0.493 e. The first-order valence-corrected chi connectivity index (χ1v) is 13.2. The molecule has 2 N–H and O–H groups in total. The van der Waals surface area contributed by atoms with Crippen molar-refractivity contribution in [2.24, 2.45) is 5.92 Å². The van der Waals surface area contributed by atoms with Crippen LogP contribution in [0, 0.1) is 5.92 Å². The Morgan fingerprint density at radius 3 is 1.30 bits per heavy atom. The molecule has 0 bridgehead atoms. The summed E-state index contributed by atoms with van der Waals surface area (Å²) in [5.74, 6) is -1.85. The molecule has 9 nitrogen and oxygen atoms in total. The van der Waals surface area contributed by atoms with Crippen LogP contribution in [-0.2, 0) is 27.6 Å². The van der Waals surface area contributed by atoms with Gasteiger partial charge in [0.25, 0.3) is 0 Å². The van der Waals surface area contributed by atoms with Crippen molar-refractivity contribution < 1.29 is 43.5 Å². The molecule has 3 aromatic rings. The number of ketones is 3. The highest BCUT2D eigenvalue weighted by Gasteiger charge is 2.29. The number of benzene rings is 3. The van der Waals surface area contributed by atoms with Crippen molar-refractivity contribution in [2.45, 2.75) is 13.2 Å². The summed E-state index contributed by atoms with van der Waals surface area (Å²) >= 11 is 0. The maximum atomic E-state index is 13.3. The van der Waals surface area contributed by atoms with Crippen LogP contribution < -0.4 is 18.9 Å². The Morgan fingerprint density at radius 1 is 0.558 bits per heavy atom. The van der Waals surface area contributed by atoms with E-state index in [0.717, 1.165) is 6.08 Å². The molecular formula is C34H34O9. The molecule has 0 aromatic heterocycles. The SMILES string of the molecule is COc1ccc(/C=C/C(=O)C(C(=O)/C=C/c2ccc(CO)c(CO)c2)C(=O)/C=C/c2ccc(OC)c(OC)c2)cc1OC. The van der Waals surface area contributed by atoms with Gasteiger partial charge in [-0.2, -0.15) is 0 Å². The van der Waals surface area contributed by atoms with Gasteiger partial charge in [0.1, 0.15) is 5.92 Å². The molecule has 0 saturated carbocycles. The largest absolute Gasteiger partial charge is 0.493 e. The highest BCUT2D eigenvalue weighted by molar-refractivity contribution is 6.28.